The summed E-state index contributed by atoms with van der Waals surface area (Å²) in [5.41, 5.74) is 9.96. The van der Waals surface area contributed by atoms with Crippen molar-refractivity contribution in [2.75, 3.05) is 5.73 Å². The Morgan fingerprint density at radius 1 is 1.40 bits per heavy atom. The van der Waals surface area contributed by atoms with Gasteiger partial charge < -0.3 is 5.73 Å². The second-order valence-corrected chi connectivity index (χ2v) is 6.93. The number of carbonyl (C=O) groups excluding carboxylic acids is 1. The first kappa shape index (κ1) is 13.4. The van der Waals surface area contributed by atoms with Gasteiger partial charge >= 0.3 is 0 Å². The van der Waals surface area contributed by atoms with Gasteiger partial charge in [-0.2, -0.15) is 0 Å². The third-order valence-corrected chi connectivity index (χ3v) is 5.13. The second kappa shape index (κ2) is 5.06. The van der Waals surface area contributed by atoms with Crippen LogP contribution >= 0.6 is 11.3 Å². The van der Waals surface area contributed by atoms with Gasteiger partial charge in [-0.25, -0.2) is 0 Å². The molecule has 1 atom stereocenters. The fourth-order valence-corrected chi connectivity index (χ4v) is 4.23. The maximum absolute atomic E-state index is 12.8. The molecule has 1 aliphatic rings. The number of fused-ring (bicyclic) bond motifs is 1. The third-order valence-electron chi connectivity index (χ3n) is 4.05. The molecular formula is C17H19NOS. The average molecular weight is 285 g/mol. The SMILES string of the molecule is Cc1cccc(C(=O)c2c(N)sc3c2CC[C@H](C)C3)c1. The van der Waals surface area contributed by atoms with E-state index in [4.69, 9.17) is 5.73 Å². The van der Waals surface area contributed by atoms with Crippen LogP contribution < -0.4 is 5.73 Å². The Morgan fingerprint density at radius 2 is 2.20 bits per heavy atom. The van der Waals surface area contributed by atoms with Crippen LogP contribution in [-0.4, -0.2) is 5.78 Å². The molecule has 0 saturated heterocycles. The average Bonchev–Trinajstić information content (AvgIpc) is 2.73. The molecule has 0 unspecified atom stereocenters. The van der Waals surface area contributed by atoms with Gasteiger partial charge in [-0.3, -0.25) is 4.79 Å². The number of nitrogen functional groups attached to an aromatic ring is 1. The molecule has 0 radical (unpaired) electrons. The largest absolute Gasteiger partial charge is 0.390 e. The van der Waals surface area contributed by atoms with Gasteiger partial charge in [0.1, 0.15) is 0 Å². The summed E-state index contributed by atoms with van der Waals surface area (Å²) in [6, 6.07) is 7.76. The Morgan fingerprint density at radius 3 is 2.95 bits per heavy atom. The summed E-state index contributed by atoms with van der Waals surface area (Å²) in [5.74, 6) is 0.778. The molecule has 1 aromatic carbocycles. The van der Waals surface area contributed by atoms with Crippen molar-refractivity contribution in [2.45, 2.75) is 33.1 Å². The van der Waals surface area contributed by atoms with Crippen molar-refractivity contribution in [1.29, 1.82) is 0 Å². The zero-order valence-electron chi connectivity index (χ0n) is 11.9. The Kier molecular flexibility index (Phi) is 3.38. The topological polar surface area (TPSA) is 43.1 Å². The van der Waals surface area contributed by atoms with Gasteiger partial charge in [0.2, 0.25) is 0 Å². The number of thiophene rings is 1. The smallest absolute Gasteiger partial charge is 0.196 e. The van der Waals surface area contributed by atoms with Gasteiger partial charge in [0.15, 0.2) is 5.78 Å². The molecule has 0 saturated carbocycles. The standard InChI is InChI=1S/C17H19NOS/c1-10-4-3-5-12(8-10)16(19)15-13-7-6-11(2)9-14(13)20-17(15)18/h3-5,8,11H,6-7,9,18H2,1-2H3/t11-/m0/s1. The molecule has 2 aromatic rings. The summed E-state index contributed by atoms with van der Waals surface area (Å²) in [7, 11) is 0. The number of anilines is 1. The number of aryl methyl sites for hydroxylation is 1. The van der Waals surface area contributed by atoms with E-state index >= 15 is 0 Å². The van der Waals surface area contributed by atoms with Crippen LogP contribution in [0.5, 0.6) is 0 Å². The van der Waals surface area contributed by atoms with Crippen LogP contribution in [0.15, 0.2) is 24.3 Å². The van der Waals surface area contributed by atoms with E-state index in [-0.39, 0.29) is 5.78 Å². The van der Waals surface area contributed by atoms with Crippen LogP contribution in [0.4, 0.5) is 5.00 Å². The van der Waals surface area contributed by atoms with E-state index in [2.05, 4.69) is 6.92 Å². The quantitative estimate of drug-likeness (QED) is 0.848. The predicted octanol–water partition coefficient (Wildman–Crippen LogP) is 3.99. The molecular weight excluding hydrogens is 266 g/mol. The number of nitrogens with two attached hydrogens (primary N) is 1. The van der Waals surface area contributed by atoms with Crippen molar-refractivity contribution in [3.8, 4) is 0 Å². The van der Waals surface area contributed by atoms with Gasteiger partial charge in [-0.15, -0.1) is 11.3 Å². The summed E-state index contributed by atoms with van der Waals surface area (Å²) < 4.78 is 0. The molecule has 0 amide bonds. The Hall–Kier alpha value is -1.61. The monoisotopic (exact) mass is 285 g/mol. The number of ketones is 1. The molecule has 2 nitrogen and oxygen atoms in total. The minimum atomic E-state index is 0.0817. The number of hydrogen-bond acceptors (Lipinski definition) is 3. The molecule has 0 spiro atoms. The van der Waals surface area contributed by atoms with Crippen molar-refractivity contribution in [2.24, 2.45) is 5.92 Å². The van der Waals surface area contributed by atoms with Crippen LogP contribution in [0, 0.1) is 12.8 Å². The fourth-order valence-electron chi connectivity index (χ4n) is 2.95. The fraction of sp³-hybridized carbons (Fsp3) is 0.353. The summed E-state index contributed by atoms with van der Waals surface area (Å²) in [4.78, 5) is 14.1. The first-order valence-electron chi connectivity index (χ1n) is 7.07. The van der Waals surface area contributed by atoms with Gasteiger partial charge in [-0.1, -0.05) is 30.7 Å². The number of rotatable bonds is 2. The maximum Gasteiger partial charge on any atom is 0.196 e. The van der Waals surface area contributed by atoms with Gasteiger partial charge in [0, 0.05) is 10.4 Å². The summed E-state index contributed by atoms with van der Waals surface area (Å²) in [6.45, 7) is 4.27. The van der Waals surface area contributed by atoms with Crippen molar-refractivity contribution >= 4 is 22.1 Å². The molecule has 2 N–H and O–H groups in total. The minimum Gasteiger partial charge on any atom is -0.390 e. The highest BCUT2D eigenvalue weighted by Gasteiger charge is 2.26. The van der Waals surface area contributed by atoms with Crippen LogP contribution in [0.2, 0.25) is 0 Å². The lowest BCUT2D eigenvalue weighted by molar-refractivity contribution is 0.103. The van der Waals surface area contributed by atoms with Crippen molar-refractivity contribution in [1.82, 2.24) is 0 Å². The van der Waals surface area contributed by atoms with Gasteiger partial charge in [0.05, 0.1) is 10.6 Å². The van der Waals surface area contributed by atoms with E-state index in [1.807, 2.05) is 31.2 Å². The number of hydrogen-bond donors (Lipinski definition) is 1. The van der Waals surface area contributed by atoms with Crippen molar-refractivity contribution in [3.63, 3.8) is 0 Å². The maximum atomic E-state index is 12.8. The highest BCUT2D eigenvalue weighted by Crippen LogP contribution is 2.39. The van der Waals surface area contributed by atoms with E-state index < -0.39 is 0 Å². The zero-order chi connectivity index (χ0) is 14.3. The van der Waals surface area contributed by atoms with Crippen molar-refractivity contribution < 1.29 is 4.79 Å². The molecule has 1 aliphatic carbocycles. The highest BCUT2D eigenvalue weighted by atomic mass is 32.1. The first-order valence-corrected chi connectivity index (χ1v) is 7.89. The Bertz CT molecular complexity index is 672. The van der Waals surface area contributed by atoms with Crippen molar-refractivity contribution in [3.05, 3.63) is 51.4 Å². The van der Waals surface area contributed by atoms with Crippen LogP contribution in [0.1, 0.15) is 45.3 Å². The lowest BCUT2D eigenvalue weighted by Crippen LogP contribution is -2.13. The van der Waals surface area contributed by atoms with Gasteiger partial charge in [-0.05, 0) is 43.7 Å². The molecule has 104 valence electrons. The van der Waals surface area contributed by atoms with Crippen LogP contribution in [-0.2, 0) is 12.8 Å². The predicted molar refractivity (Wildman–Crippen MR) is 84.5 cm³/mol. The lowest BCUT2D eigenvalue weighted by atomic mass is 9.86. The van der Waals surface area contributed by atoms with E-state index in [1.165, 1.54) is 10.4 Å². The van der Waals surface area contributed by atoms with E-state index in [0.717, 1.165) is 36.0 Å². The van der Waals surface area contributed by atoms with E-state index in [9.17, 15) is 4.79 Å². The number of benzene rings is 1. The number of carbonyl (C=O) groups is 1. The summed E-state index contributed by atoms with van der Waals surface area (Å²) >= 11 is 1.60. The van der Waals surface area contributed by atoms with E-state index in [1.54, 1.807) is 11.3 Å². The summed E-state index contributed by atoms with van der Waals surface area (Å²) in [6.07, 6.45) is 3.19. The molecule has 1 aromatic heterocycles. The Balaban J connectivity index is 2.05. The molecule has 0 aliphatic heterocycles. The van der Waals surface area contributed by atoms with E-state index in [0.29, 0.717) is 10.9 Å². The molecule has 3 rings (SSSR count). The first-order chi connectivity index (χ1) is 9.56. The van der Waals surface area contributed by atoms with Gasteiger partial charge in [0.25, 0.3) is 0 Å². The summed E-state index contributed by atoms with van der Waals surface area (Å²) in [5, 5.41) is 0.690. The second-order valence-electron chi connectivity index (χ2n) is 5.79. The van der Waals surface area contributed by atoms with Crippen LogP contribution in [0.25, 0.3) is 0 Å². The molecule has 0 fully saturated rings. The molecule has 1 heterocycles. The normalized spacial score (nSPS) is 17.8. The zero-order valence-corrected chi connectivity index (χ0v) is 12.7. The lowest BCUT2D eigenvalue weighted by Gasteiger charge is -2.18. The molecule has 20 heavy (non-hydrogen) atoms. The molecule has 0 bridgehead atoms. The molecule has 3 heteroatoms. The third kappa shape index (κ3) is 2.27. The minimum absolute atomic E-state index is 0.0817. The van der Waals surface area contributed by atoms with Crippen LogP contribution in [0.3, 0.4) is 0 Å². The Labute approximate surface area is 123 Å². The highest BCUT2D eigenvalue weighted by molar-refractivity contribution is 7.16.